The molecule has 1 fully saturated rings. The molecule has 0 unspecified atom stereocenters. The van der Waals surface area contributed by atoms with Crippen molar-refractivity contribution in [3.05, 3.63) is 60.2 Å². The summed E-state index contributed by atoms with van der Waals surface area (Å²) in [6.07, 6.45) is -0.592. The smallest absolute Gasteiger partial charge is 0.279 e. The Morgan fingerprint density at radius 2 is 1.64 bits per heavy atom. The summed E-state index contributed by atoms with van der Waals surface area (Å²) in [5.41, 5.74) is -0.331. The number of carbonyl (C=O) groups is 2. The molecule has 0 aromatic heterocycles. The van der Waals surface area contributed by atoms with Crippen LogP contribution in [0.25, 0.3) is 11.1 Å². The molecule has 1 aliphatic carbocycles. The van der Waals surface area contributed by atoms with E-state index in [-0.39, 0.29) is 18.4 Å². The molecule has 3 rings (SSSR count). The number of benzene rings is 2. The van der Waals surface area contributed by atoms with Gasteiger partial charge in [-0.1, -0.05) is 42.5 Å². The van der Waals surface area contributed by atoms with Gasteiger partial charge in [-0.05, 0) is 36.1 Å². The standard InChI is InChI=1S/C21H19F2N3O2/c22-21(23)12-4-11-20(21,19(28)25-14-13-24)26-18(27)17-9-7-16(8-10-17)15-5-2-1-3-6-15/h1-3,5-10H,4,11-12,14H2,(H,25,28)(H,26,27)/t20-/m1/s1. The summed E-state index contributed by atoms with van der Waals surface area (Å²) >= 11 is 0. The van der Waals surface area contributed by atoms with Gasteiger partial charge >= 0.3 is 0 Å². The molecule has 2 amide bonds. The zero-order valence-corrected chi connectivity index (χ0v) is 15.0. The predicted octanol–water partition coefficient (Wildman–Crippen LogP) is 3.28. The highest BCUT2D eigenvalue weighted by Crippen LogP contribution is 2.44. The Kier molecular flexibility index (Phi) is 5.41. The minimum absolute atomic E-state index is 0.0974. The van der Waals surface area contributed by atoms with Crippen molar-refractivity contribution in [3.63, 3.8) is 0 Å². The third-order valence-electron chi connectivity index (χ3n) is 4.96. The van der Waals surface area contributed by atoms with Crippen molar-refractivity contribution in [1.29, 1.82) is 5.26 Å². The summed E-state index contributed by atoms with van der Waals surface area (Å²) < 4.78 is 29.1. The highest BCUT2D eigenvalue weighted by Gasteiger charge is 2.62. The zero-order valence-electron chi connectivity index (χ0n) is 15.0. The molecule has 0 saturated heterocycles. The Hall–Kier alpha value is -3.27. The largest absolute Gasteiger partial charge is 0.341 e. The van der Waals surface area contributed by atoms with Crippen LogP contribution in [-0.4, -0.2) is 29.8 Å². The number of hydrogen-bond acceptors (Lipinski definition) is 3. The van der Waals surface area contributed by atoms with E-state index in [1.54, 1.807) is 18.2 Å². The summed E-state index contributed by atoms with van der Waals surface area (Å²) in [5, 5.41) is 13.0. The van der Waals surface area contributed by atoms with Gasteiger partial charge in [0.25, 0.3) is 17.7 Å². The second-order valence-corrected chi connectivity index (χ2v) is 6.70. The van der Waals surface area contributed by atoms with E-state index in [9.17, 15) is 18.4 Å². The monoisotopic (exact) mass is 383 g/mol. The second kappa shape index (κ2) is 7.77. The van der Waals surface area contributed by atoms with Crippen LogP contribution in [0.15, 0.2) is 54.6 Å². The zero-order chi connectivity index (χ0) is 20.2. The van der Waals surface area contributed by atoms with Crippen LogP contribution in [0.3, 0.4) is 0 Å². The van der Waals surface area contributed by atoms with Gasteiger partial charge < -0.3 is 10.6 Å². The van der Waals surface area contributed by atoms with Gasteiger partial charge in [0, 0.05) is 12.0 Å². The van der Waals surface area contributed by atoms with Crippen LogP contribution >= 0.6 is 0 Å². The molecule has 1 saturated carbocycles. The molecule has 1 aliphatic rings. The minimum atomic E-state index is -3.40. The fraction of sp³-hybridized carbons (Fsp3) is 0.286. The van der Waals surface area contributed by atoms with Crippen molar-refractivity contribution in [2.45, 2.75) is 30.7 Å². The molecule has 0 radical (unpaired) electrons. The topological polar surface area (TPSA) is 82.0 Å². The Bertz CT molecular complexity index is 907. The number of amides is 2. The normalized spacial score (nSPS) is 20.2. The Morgan fingerprint density at radius 3 is 2.21 bits per heavy atom. The van der Waals surface area contributed by atoms with Gasteiger partial charge in [0.1, 0.15) is 6.54 Å². The molecule has 2 aromatic carbocycles. The van der Waals surface area contributed by atoms with Crippen LogP contribution < -0.4 is 10.6 Å². The van der Waals surface area contributed by atoms with Crippen molar-refractivity contribution in [1.82, 2.24) is 10.6 Å². The van der Waals surface area contributed by atoms with Crippen LogP contribution in [-0.2, 0) is 4.79 Å². The average Bonchev–Trinajstić information content (AvgIpc) is 3.01. The van der Waals surface area contributed by atoms with E-state index in [4.69, 9.17) is 5.26 Å². The number of carbonyl (C=O) groups excluding carboxylic acids is 2. The fourth-order valence-electron chi connectivity index (χ4n) is 3.44. The van der Waals surface area contributed by atoms with Crippen LogP contribution in [0.1, 0.15) is 29.6 Å². The molecule has 2 aromatic rings. The SMILES string of the molecule is N#CCNC(=O)[C@]1(NC(=O)c2ccc(-c3ccccc3)cc2)CCCC1(F)F. The van der Waals surface area contributed by atoms with Crippen LogP contribution in [0.4, 0.5) is 8.78 Å². The van der Waals surface area contributed by atoms with Crippen molar-refractivity contribution in [2.24, 2.45) is 0 Å². The van der Waals surface area contributed by atoms with Gasteiger partial charge in [0.15, 0.2) is 5.54 Å². The maximum atomic E-state index is 14.5. The summed E-state index contributed by atoms with van der Waals surface area (Å²) in [6, 6.07) is 17.7. The molecular weight excluding hydrogens is 364 g/mol. The van der Waals surface area contributed by atoms with Crippen LogP contribution in [0.2, 0.25) is 0 Å². The lowest BCUT2D eigenvalue weighted by Gasteiger charge is -2.34. The van der Waals surface area contributed by atoms with Gasteiger partial charge in [-0.15, -0.1) is 0 Å². The first-order valence-electron chi connectivity index (χ1n) is 8.91. The lowest BCUT2D eigenvalue weighted by atomic mass is 9.92. The molecule has 144 valence electrons. The summed E-state index contributed by atoms with van der Waals surface area (Å²) in [5.74, 6) is -5.19. The first-order chi connectivity index (χ1) is 13.4. The van der Waals surface area contributed by atoms with Crippen molar-refractivity contribution >= 4 is 11.8 Å². The number of nitriles is 1. The highest BCUT2D eigenvalue weighted by molar-refractivity contribution is 6.00. The van der Waals surface area contributed by atoms with Crippen molar-refractivity contribution < 1.29 is 18.4 Å². The third-order valence-corrected chi connectivity index (χ3v) is 4.96. The molecule has 0 spiro atoms. The van der Waals surface area contributed by atoms with Gasteiger partial charge in [-0.2, -0.15) is 5.26 Å². The molecule has 5 nitrogen and oxygen atoms in total. The van der Waals surface area contributed by atoms with Crippen LogP contribution in [0, 0.1) is 11.3 Å². The lowest BCUT2D eigenvalue weighted by Crippen LogP contribution is -2.65. The van der Waals surface area contributed by atoms with Gasteiger partial charge in [0.2, 0.25) is 0 Å². The minimum Gasteiger partial charge on any atom is -0.341 e. The van der Waals surface area contributed by atoms with E-state index < -0.39 is 36.2 Å². The molecule has 28 heavy (non-hydrogen) atoms. The maximum absolute atomic E-state index is 14.5. The third kappa shape index (κ3) is 3.58. The molecule has 2 N–H and O–H groups in total. The van der Waals surface area contributed by atoms with Crippen LogP contribution in [0.5, 0.6) is 0 Å². The molecular formula is C21H19F2N3O2. The van der Waals surface area contributed by atoms with Gasteiger partial charge in [0.05, 0.1) is 6.07 Å². The van der Waals surface area contributed by atoms with E-state index in [1.165, 1.54) is 12.1 Å². The Balaban J connectivity index is 1.83. The first-order valence-corrected chi connectivity index (χ1v) is 8.91. The van der Waals surface area contributed by atoms with E-state index in [0.717, 1.165) is 11.1 Å². The summed E-state index contributed by atoms with van der Waals surface area (Å²) in [7, 11) is 0. The van der Waals surface area contributed by atoms with E-state index in [1.807, 2.05) is 30.3 Å². The Labute approximate surface area is 161 Å². The summed E-state index contributed by atoms with van der Waals surface area (Å²) in [4.78, 5) is 25.0. The average molecular weight is 383 g/mol. The Morgan fingerprint density at radius 1 is 1.00 bits per heavy atom. The lowest BCUT2D eigenvalue weighted by molar-refractivity contribution is -0.142. The number of rotatable bonds is 5. The highest BCUT2D eigenvalue weighted by atomic mass is 19.3. The molecule has 0 heterocycles. The molecule has 1 atom stereocenters. The number of alkyl halides is 2. The van der Waals surface area contributed by atoms with Crippen molar-refractivity contribution in [2.75, 3.05) is 6.54 Å². The number of nitrogens with one attached hydrogen (secondary N) is 2. The molecule has 0 bridgehead atoms. The number of hydrogen-bond donors (Lipinski definition) is 2. The maximum Gasteiger partial charge on any atom is 0.279 e. The van der Waals surface area contributed by atoms with Gasteiger partial charge in [-0.3, -0.25) is 9.59 Å². The number of nitrogens with zero attached hydrogens (tertiary/aromatic N) is 1. The summed E-state index contributed by atoms with van der Waals surface area (Å²) in [6.45, 7) is -0.404. The quantitative estimate of drug-likeness (QED) is 0.778. The predicted molar refractivity (Wildman–Crippen MR) is 99.5 cm³/mol. The molecule has 0 aliphatic heterocycles. The van der Waals surface area contributed by atoms with E-state index >= 15 is 0 Å². The molecule has 7 heteroatoms. The second-order valence-electron chi connectivity index (χ2n) is 6.70. The van der Waals surface area contributed by atoms with E-state index in [2.05, 4.69) is 10.6 Å². The fourth-order valence-corrected chi connectivity index (χ4v) is 3.44. The number of halogens is 2. The van der Waals surface area contributed by atoms with Crippen molar-refractivity contribution in [3.8, 4) is 17.2 Å². The van der Waals surface area contributed by atoms with E-state index in [0.29, 0.717) is 0 Å². The first kappa shape index (κ1) is 19.5. The van der Waals surface area contributed by atoms with Gasteiger partial charge in [-0.25, -0.2) is 8.78 Å².